The highest BCUT2D eigenvalue weighted by Crippen LogP contribution is 2.34. The van der Waals surface area contributed by atoms with Crippen molar-refractivity contribution in [2.75, 3.05) is 11.9 Å². The van der Waals surface area contributed by atoms with Gasteiger partial charge in [0, 0.05) is 5.69 Å². The van der Waals surface area contributed by atoms with Gasteiger partial charge in [0.1, 0.15) is 18.3 Å². The summed E-state index contributed by atoms with van der Waals surface area (Å²) in [7, 11) is 0. The van der Waals surface area contributed by atoms with E-state index in [2.05, 4.69) is 20.3 Å². The number of nitrogens with zero attached hydrogens (tertiary/aromatic N) is 3. The predicted molar refractivity (Wildman–Crippen MR) is 95.6 cm³/mol. The zero-order valence-corrected chi connectivity index (χ0v) is 14.4. The van der Waals surface area contributed by atoms with Crippen molar-refractivity contribution in [3.8, 4) is 0 Å². The summed E-state index contributed by atoms with van der Waals surface area (Å²) in [5.74, 6) is 0.216. The third kappa shape index (κ3) is 2.98. The second-order valence-corrected chi connectivity index (χ2v) is 6.43. The van der Waals surface area contributed by atoms with Crippen molar-refractivity contribution in [2.45, 2.75) is 31.5 Å². The maximum atomic E-state index is 12.1. The first kappa shape index (κ1) is 17.6. The van der Waals surface area contributed by atoms with Crippen molar-refractivity contribution in [3.05, 3.63) is 46.5 Å². The molecule has 4 rings (SSSR count). The van der Waals surface area contributed by atoms with E-state index in [1.807, 2.05) is 31.2 Å². The van der Waals surface area contributed by atoms with Crippen LogP contribution >= 0.6 is 0 Å². The number of imidazole rings is 1. The molecule has 5 N–H and O–H groups in total. The second-order valence-electron chi connectivity index (χ2n) is 6.43. The number of rotatable bonds is 4. The van der Waals surface area contributed by atoms with E-state index >= 15 is 0 Å². The van der Waals surface area contributed by atoms with E-state index in [0.717, 1.165) is 5.56 Å². The molecule has 1 fully saturated rings. The van der Waals surface area contributed by atoms with Crippen LogP contribution in [-0.2, 0) is 4.74 Å². The molecular weight excluding hydrogens is 354 g/mol. The van der Waals surface area contributed by atoms with E-state index in [-0.39, 0.29) is 17.1 Å². The molecule has 3 heterocycles. The van der Waals surface area contributed by atoms with E-state index < -0.39 is 36.7 Å². The number of ether oxygens (including phenoxy) is 1. The zero-order chi connectivity index (χ0) is 19.1. The molecule has 0 bridgehead atoms. The van der Waals surface area contributed by atoms with Crippen LogP contribution in [0.25, 0.3) is 11.2 Å². The van der Waals surface area contributed by atoms with Crippen LogP contribution in [0.3, 0.4) is 0 Å². The maximum Gasteiger partial charge on any atom is 0.278 e. The molecule has 1 aliphatic rings. The van der Waals surface area contributed by atoms with Gasteiger partial charge in [-0.3, -0.25) is 9.36 Å². The number of nitrogens with one attached hydrogen (secondary N) is 2. The smallest absolute Gasteiger partial charge is 0.278 e. The van der Waals surface area contributed by atoms with Crippen molar-refractivity contribution in [2.24, 2.45) is 0 Å². The molecule has 1 aliphatic heterocycles. The molecule has 0 amide bonds. The van der Waals surface area contributed by atoms with Gasteiger partial charge in [-0.2, -0.15) is 0 Å². The maximum absolute atomic E-state index is 12.1. The van der Waals surface area contributed by atoms with Crippen LogP contribution in [0.5, 0.6) is 0 Å². The number of aryl methyl sites for hydroxylation is 1. The summed E-state index contributed by atoms with van der Waals surface area (Å²) in [4.78, 5) is 23.0. The number of aromatic nitrogens is 4. The van der Waals surface area contributed by atoms with E-state index in [4.69, 9.17) is 4.74 Å². The topological polar surface area (TPSA) is 146 Å². The van der Waals surface area contributed by atoms with Crippen LogP contribution < -0.4 is 10.9 Å². The van der Waals surface area contributed by atoms with Crippen LogP contribution in [0.15, 0.2) is 35.4 Å². The number of anilines is 2. The third-order valence-electron chi connectivity index (χ3n) is 4.56. The molecule has 142 valence electrons. The lowest BCUT2D eigenvalue weighted by atomic mass is 10.1. The summed E-state index contributed by atoms with van der Waals surface area (Å²) in [6.45, 7) is 1.50. The lowest BCUT2D eigenvalue weighted by molar-refractivity contribution is -0.0501. The van der Waals surface area contributed by atoms with Gasteiger partial charge in [-0.25, -0.2) is 9.97 Å². The normalized spacial score (nSPS) is 25.2. The molecule has 4 atom stereocenters. The third-order valence-corrected chi connectivity index (χ3v) is 4.56. The van der Waals surface area contributed by atoms with Gasteiger partial charge in [-0.1, -0.05) is 17.7 Å². The summed E-state index contributed by atoms with van der Waals surface area (Å²) < 4.78 is 7.02. The quantitative estimate of drug-likeness (QED) is 0.422. The van der Waals surface area contributed by atoms with Crippen LogP contribution in [0, 0.1) is 6.92 Å². The second kappa shape index (κ2) is 6.74. The van der Waals surface area contributed by atoms with Gasteiger partial charge in [0.15, 0.2) is 17.4 Å². The molecular formula is C17H19N5O5. The average molecular weight is 373 g/mol. The largest absolute Gasteiger partial charge is 0.394 e. The Morgan fingerprint density at radius 1 is 1.26 bits per heavy atom. The molecule has 0 spiro atoms. The van der Waals surface area contributed by atoms with Crippen LogP contribution in [0.1, 0.15) is 11.8 Å². The van der Waals surface area contributed by atoms with E-state index in [1.54, 1.807) is 0 Å². The number of aliphatic hydroxyl groups excluding tert-OH is 3. The Kier molecular flexibility index (Phi) is 4.40. The SMILES string of the molecule is Cc1ccc(Nc2nc3c(=O)[nH]cnc3n2[C@@H]2O[C@H](CO)[C@H](O)[C@H]2O)cc1. The van der Waals surface area contributed by atoms with Crippen molar-refractivity contribution in [1.29, 1.82) is 0 Å². The summed E-state index contributed by atoms with van der Waals surface area (Å²) >= 11 is 0. The molecule has 27 heavy (non-hydrogen) atoms. The predicted octanol–water partition coefficient (Wildman–Crippen LogP) is -0.217. The van der Waals surface area contributed by atoms with Gasteiger partial charge >= 0.3 is 0 Å². The molecule has 0 aliphatic carbocycles. The number of H-pyrrole nitrogens is 1. The number of hydrogen-bond acceptors (Lipinski definition) is 8. The average Bonchev–Trinajstić information content (AvgIpc) is 3.16. The summed E-state index contributed by atoms with van der Waals surface area (Å²) in [5, 5.41) is 32.9. The van der Waals surface area contributed by atoms with Crippen molar-refractivity contribution in [1.82, 2.24) is 19.5 Å². The Labute approximate surface area is 153 Å². The van der Waals surface area contributed by atoms with Crippen LogP contribution in [0.2, 0.25) is 0 Å². The van der Waals surface area contributed by atoms with Gasteiger partial charge in [-0.05, 0) is 19.1 Å². The fourth-order valence-electron chi connectivity index (χ4n) is 3.11. The van der Waals surface area contributed by atoms with Gasteiger partial charge in [0.2, 0.25) is 5.95 Å². The minimum Gasteiger partial charge on any atom is -0.394 e. The van der Waals surface area contributed by atoms with E-state index in [1.165, 1.54) is 10.9 Å². The van der Waals surface area contributed by atoms with Gasteiger partial charge in [0.05, 0.1) is 12.9 Å². The van der Waals surface area contributed by atoms with Crippen LogP contribution in [0.4, 0.5) is 11.6 Å². The molecule has 0 unspecified atom stereocenters. The molecule has 0 saturated carbocycles. The lowest BCUT2D eigenvalue weighted by Gasteiger charge is -2.19. The first-order valence-electron chi connectivity index (χ1n) is 8.41. The van der Waals surface area contributed by atoms with Gasteiger partial charge in [-0.15, -0.1) is 0 Å². The molecule has 0 radical (unpaired) electrons. The number of hydrogen-bond donors (Lipinski definition) is 5. The standard InChI is InChI=1S/C17H19N5O5/c1-8-2-4-9(5-3-8)20-17-21-11-14(18-7-19-15(11)26)22(17)16-13(25)12(24)10(6-23)27-16/h2-5,7,10,12-13,16,23-25H,6H2,1H3,(H,20,21)(H,18,19,26)/t10-,12+,13-,16-/m1/s1. The molecule has 10 nitrogen and oxygen atoms in total. The first-order valence-corrected chi connectivity index (χ1v) is 8.41. The highest BCUT2D eigenvalue weighted by Gasteiger charge is 2.45. The Bertz CT molecular complexity index is 1010. The number of aromatic amines is 1. The fraction of sp³-hybridized carbons (Fsp3) is 0.353. The highest BCUT2D eigenvalue weighted by molar-refractivity contribution is 5.75. The van der Waals surface area contributed by atoms with Gasteiger partial charge in [0.25, 0.3) is 5.56 Å². The van der Waals surface area contributed by atoms with Gasteiger partial charge < -0.3 is 30.4 Å². The summed E-state index contributed by atoms with van der Waals surface area (Å²) in [5.41, 5.74) is 1.58. The number of aliphatic hydroxyl groups is 3. The zero-order valence-electron chi connectivity index (χ0n) is 14.4. The Hall–Kier alpha value is -2.79. The molecule has 1 saturated heterocycles. The van der Waals surface area contributed by atoms with Crippen molar-refractivity contribution >= 4 is 22.8 Å². The summed E-state index contributed by atoms with van der Waals surface area (Å²) in [6.07, 6.45) is -3.44. The lowest BCUT2D eigenvalue weighted by Crippen LogP contribution is -2.33. The number of fused-ring (bicyclic) bond motifs is 1. The Morgan fingerprint density at radius 2 is 2.00 bits per heavy atom. The molecule has 3 aromatic rings. The van der Waals surface area contributed by atoms with Crippen molar-refractivity contribution < 1.29 is 20.1 Å². The first-order chi connectivity index (χ1) is 13.0. The van der Waals surface area contributed by atoms with Crippen molar-refractivity contribution in [3.63, 3.8) is 0 Å². The Balaban J connectivity index is 1.83. The minimum atomic E-state index is -1.33. The minimum absolute atomic E-state index is 0.0600. The Morgan fingerprint density at radius 3 is 2.67 bits per heavy atom. The molecule has 10 heteroatoms. The van der Waals surface area contributed by atoms with E-state index in [0.29, 0.717) is 5.69 Å². The van der Waals surface area contributed by atoms with Crippen LogP contribution in [-0.4, -0.2) is 59.8 Å². The molecule has 1 aromatic carbocycles. The highest BCUT2D eigenvalue weighted by atomic mass is 16.6. The number of benzene rings is 1. The molecule has 2 aromatic heterocycles. The monoisotopic (exact) mass is 373 g/mol. The van der Waals surface area contributed by atoms with E-state index in [9.17, 15) is 20.1 Å². The summed E-state index contributed by atoms with van der Waals surface area (Å²) in [6, 6.07) is 7.50. The fourth-order valence-corrected chi connectivity index (χ4v) is 3.11.